The molecule has 1 rings (SSSR count). The molecule has 0 radical (unpaired) electrons. The van der Waals surface area contributed by atoms with Gasteiger partial charge in [0.25, 0.3) is 10.1 Å². The molecule has 1 unspecified atom stereocenters. The van der Waals surface area contributed by atoms with Crippen LogP contribution in [0, 0.1) is 5.92 Å². The molecule has 13 heavy (non-hydrogen) atoms. The van der Waals surface area contributed by atoms with Crippen molar-refractivity contribution in [2.75, 3.05) is 13.2 Å². The van der Waals surface area contributed by atoms with Crippen LogP contribution in [-0.2, 0) is 14.9 Å². The van der Waals surface area contributed by atoms with Crippen LogP contribution in [0.25, 0.3) is 0 Å². The molecule has 1 atom stereocenters. The first-order chi connectivity index (χ1) is 6.05. The summed E-state index contributed by atoms with van der Waals surface area (Å²) in [6.07, 6.45) is 1.94. The van der Waals surface area contributed by atoms with Gasteiger partial charge in [0.2, 0.25) is 0 Å². The third-order valence-corrected chi connectivity index (χ3v) is 4.06. The van der Waals surface area contributed by atoms with E-state index in [1.165, 1.54) is 0 Å². The van der Waals surface area contributed by atoms with Crippen molar-refractivity contribution in [2.24, 2.45) is 5.92 Å². The molecule has 1 saturated heterocycles. The maximum atomic E-state index is 11.0. The summed E-state index contributed by atoms with van der Waals surface area (Å²) in [5, 5.41) is -0.601. The van der Waals surface area contributed by atoms with Crippen molar-refractivity contribution in [1.82, 2.24) is 0 Å². The molecule has 1 aliphatic rings. The highest BCUT2D eigenvalue weighted by atomic mass is 32.2. The number of ether oxygens (including phenoxy) is 1. The van der Waals surface area contributed by atoms with Gasteiger partial charge in [-0.05, 0) is 25.2 Å². The van der Waals surface area contributed by atoms with Gasteiger partial charge in [0.15, 0.2) is 0 Å². The minimum atomic E-state index is -3.87. The Kier molecular flexibility index (Phi) is 3.70. The molecular formula is C8H16O4S. The Hall–Kier alpha value is -0.130. The molecule has 4 nitrogen and oxygen atoms in total. The Balaban J connectivity index is 2.65. The summed E-state index contributed by atoms with van der Waals surface area (Å²) < 4.78 is 36.0. The summed E-state index contributed by atoms with van der Waals surface area (Å²) in [5.41, 5.74) is 0. The standard InChI is InChI=1S/C8H16O4S/c1-2-8(13(9,10)11)7-3-5-12-6-4-7/h7-8H,2-6H2,1H3,(H,9,10,11). The largest absolute Gasteiger partial charge is 0.381 e. The fourth-order valence-corrected chi connectivity index (χ4v) is 3.05. The summed E-state index contributed by atoms with van der Waals surface area (Å²) in [4.78, 5) is 0. The average molecular weight is 208 g/mol. The number of hydrogen-bond acceptors (Lipinski definition) is 3. The Morgan fingerprint density at radius 2 is 2.00 bits per heavy atom. The van der Waals surface area contributed by atoms with E-state index in [0.717, 1.165) is 12.8 Å². The first kappa shape index (κ1) is 10.9. The lowest BCUT2D eigenvalue weighted by atomic mass is 9.95. The van der Waals surface area contributed by atoms with Gasteiger partial charge in [-0.3, -0.25) is 4.55 Å². The van der Waals surface area contributed by atoms with Crippen molar-refractivity contribution in [1.29, 1.82) is 0 Å². The van der Waals surface area contributed by atoms with E-state index in [0.29, 0.717) is 19.6 Å². The second-order valence-corrected chi connectivity index (χ2v) is 5.05. The van der Waals surface area contributed by atoms with E-state index in [1.807, 2.05) is 0 Å². The zero-order chi connectivity index (χ0) is 9.90. The molecule has 1 N–H and O–H groups in total. The van der Waals surface area contributed by atoms with E-state index in [-0.39, 0.29) is 5.92 Å². The van der Waals surface area contributed by atoms with Gasteiger partial charge in [-0.2, -0.15) is 8.42 Å². The Bertz CT molecular complexity index is 241. The Morgan fingerprint density at radius 3 is 2.38 bits per heavy atom. The van der Waals surface area contributed by atoms with E-state index in [1.54, 1.807) is 6.92 Å². The summed E-state index contributed by atoms with van der Waals surface area (Å²) in [6.45, 7) is 3.00. The molecule has 0 aromatic carbocycles. The first-order valence-corrected chi connectivity index (χ1v) is 6.10. The summed E-state index contributed by atoms with van der Waals surface area (Å²) >= 11 is 0. The van der Waals surface area contributed by atoms with E-state index in [2.05, 4.69) is 0 Å². The smallest absolute Gasteiger partial charge is 0.268 e. The Morgan fingerprint density at radius 1 is 1.46 bits per heavy atom. The monoisotopic (exact) mass is 208 g/mol. The van der Waals surface area contributed by atoms with Crippen LogP contribution in [0.5, 0.6) is 0 Å². The van der Waals surface area contributed by atoms with Crippen LogP contribution >= 0.6 is 0 Å². The average Bonchev–Trinajstić information content (AvgIpc) is 2.05. The quantitative estimate of drug-likeness (QED) is 0.705. The Labute approximate surface area is 79.0 Å². The van der Waals surface area contributed by atoms with E-state index in [4.69, 9.17) is 9.29 Å². The van der Waals surface area contributed by atoms with Crippen molar-refractivity contribution in [2.45, 2.75) is 31.4 Å². The lowest BCUT2D eigenvalue weighted by molar-refractivity contribution is 0.0640. The summed E-state index contributed by atoms with van der Waals surface area (Å²) in [5.74, 6) is 0.0637. The molecular weight excluding hydrogens is 192 g/mol. The van der Waals surface area contributed by atoms with E-state index < -0.39 is 15.4 Å². The maximum absolute atomic E-state index is 11.0. The van der Waals surface area contributed by atoms with Crippen molar-refractivity contribution in [3.8, 4) is 0 Å². The van der Waals surface area contributed by atoms with Gasteiger partial charge in [0, 0.05) is 13.2 Å². The second-order valence-electron chi connectivity index (χ2n) is 3.41. The third-order valence-electron chi connectivity index (χ3n) is 2.58. The van der Waals surface area contributed by atoms with Crippen LogP contribution in [-0.4, -0.2) is 31.4 Å². The maximum Gasteiger partial charge on any atom is 0.268 e. The molecule has 5 heteroatoms. The highest BCUT2D eigenvalue weighted by molar-refractivity contribution is 7.86. The van der Waals surface area contributed by atoms with Gasteiger partial charge in [-0.1, -0.05) is 6.92 Å². The molecule has 78 valence electrons. The van der Waals surface area contributed by atoms with E-state index in [9.17, 15) is 8.42 Å². The fourth-order valence-electron chi connectivity index (χ4n) is 1.87. The van der Waals surface area contributed by atoms with Gasteiger partial charge in [0.1, 0.15) is 0 Å². The second kappa shape index (κ2) is 4.39. The molecule has 0 bridgehead atoms. The van der Waals surface area contributed by atoms with Gasteiger partial charge >= 0.3 is 0 Å². The van der Waals surface area contributed by atoms with Crippen LogP contribution in [0.3, 0.4) is 0 Å². The molecule has 0 aromatic rings. The minimum absolute atomic E-state index is 0.0637. The van der Waals surface area contributed by atoms with Gasteiger partial charge < -0.3 is 4.74 Å². The SMILES string of the molecule is CCC(C1CCOCC1)S(=O)(=O)O. The summed E-state index contributed by atoms with van der Waals surface area (Å²) in [6, 6.07) is 0. The van der Waals surface area contributed by atoms with Crippen molar-refractivity contribution >= 4 is 10.1 Å². The molecule has 0 aliphatic carbocycles. The minimum Gasteiger partial charge on any atom is -0.381 e. The van der Waals surface area contributed by atoms with Gasteiger partial charge in [-0.15, -0.1) is 0 Å². The normalized spacial score (nSPS) is 22.9. The fraction of sp³-hybridized carbons (Fsp3) is 1.00. The van der Waals surface area contributed by atoms with E-state index >= 15 is 0 Å². The lowest BCUT2D eigenvalue weighted by Crippen LogP contribution is -2.33. The molecule has 0 amide bonds. The third kappa shape index (κ3) is 2.93. The summed E-state index contributed by atoms with van der Waals surface area (Å²) in [7, 11) is -3.87. The predicted molar refractivity (Wildman–Crippen MR) is 49.2 cm³/mol. The molecule has 1 fully saturated rings. The topological polar surface area (TPSA) is 63.6 Å². The molecule has 0 aromatic heterocycles. The van der Waals surface area contributed by atoms with Crippen LogP contribution < -0.4 is 0 Å². The first-order valence-electron chi connectivity index (χ1n) is 4.59. The van der Waals surface area contributed by atoms with Crippen LogP contribution in [0.2, 0.25) is 0 Å². The van der Waals surface area contributed by atoms with Crippen molar-refractivity contribution in [3.63, 3.8) is 0 Å². The molecule has 1 aliphatic heterocycles. The van der Waals surface area contributed by atoms with Crippen molar-refractivity contribution in [3.05, 3.63) is 0 Å². The number of rotatable bonds is 3. The number of hydrogen-bond donors (Lipinski definition) is 1. The predicted octanol–water partition coefficient (Wildman–Crippen LogP) is 1.08. The zero-order valence-corrected chi connectivity index (χ0v) is 8.59. The van der Waals surface area contributed by atoms with Gasteiger partial charge in [0.05, 0.1) is 5.25 Å². The van der Waals surface area contributed by atoms with Crippen LogP contribution in [0.15, 0.2) is 0 Å². The van der Waals surface area contributed by atoms with Crippen molar-refractivity contribution < 1.29 is 17.7 Å². The zero-order valence-electron chi connectivity index (χ0n) is 7.77. The molecule has 0 saturated carbocycles. The van der Waals surface area contributed by atoms with Gasteiger partial charge in [-0.25, -0.2) is 0 Å². The van der Waals surface area contributed by atoms with Crippen LogP contribution in [0.1, 0.15) is 26.2 Å². The van der Waals surface area contributed by atoms with Crippen LogP contribution in [0.4, 0.5) is 0 Å². The highest BCUT2D eigenvalue weighted by Gasteiger charge is 2.31. The highest BCUT2D eigenvalue weighted by Crippen LogP contribution is 2.25. The molecule has 0 spiro atoms. The molecule has 1 heterocycles. The lowest BCUT2D eigenvalue weighted by Gasteiger charge is -2.27.